The summed E-state index contributed by atoms with van der Waals surface area (Å²) >= 11 is 0. The van der Waals surface area contributed by atoms with Crippen molar-refractivity contribution in [3.8, 4) is 0 Å². The predicted molar refractivity (Wildman–Crippen MR) is 73.3 cm³/mol. The molecule has 1 unspecified atom stereocenters. The molecule has 3 N–H and O–H groups in total. The van der Waals surface area contributed by atoms with Crippen LogP contribution in [0.4, 0.5) is 8.78 Å². The molecular formula is C15H13F2N3. The zero-order valence-corrected chi connectivity index (χ0v) is 10.6. The van der Waals surface area contributed by atoms with Crippen LogP contribution in [0.1, 0.15) is 17.3 Å². The fraction of sp³-hybridized carbons (Fsp3) is 0.133. The topological polar surface area (TPSA) is 54.7 Å². The summed E-state index contributed by atoms with van der Waals surface area (Å²) in [5, 5.41) is 0. The van der Waals surface area contributed by atoms with E-state index in [0.717, 1.165) is 17.7 Å². The molecule has 0 aliphatic heterocycles. The normalized spacial score (nSPS) is 12.8. The first-order valence-electron chi connectivity index (χ1n) is 6.28. The number of benzene rings is 2. The van der Waals surface area contributed by atoms with E-state index in [2.05, 4.69) is 9.97 Å². The van der Waals surface area contributed by atoms with Crippen LogP contribution in [0.2, 0.25) is 0 Å². The van der Waals surface area contributed by atoms with Crippen LogP contribution in [-0.4, -0.2) is 16.5 Å². The summed E-state index contributed by atoms with van der Waals surface area (Å²) in [6, 6.07) is 11.8. The number of rotatable bonds is 3. The zero-order chi connectivity index (χ0) is 14.1. The lowest BCUT2D eigenvalue weighted by molar-refractivity contribution is 0.510. The molecule has 0 radical (unpaired) electrons. The smallest absolute Gasteiger partial charge is 0.161 e. The minimum Gasteiger partial charge on any atom is -0.341 e. The maximum Gasteiger partial charge on any atom is 0.161 e. The summed E-state index contributed by atoms with van der Waals surface area (Å²) in [7, 11) is 0. The number of halogens is 2. The van der Waals surface area contributed by atoms with Crippen molar-refractivity contribution < 1.29 is 8.78 Å². The molecule has 1 aromatic heterocycles. The van der Waals surface area contributed by atoms with Gasteiger partial charge in [0.25, 0.3) is 0 Å². The van der Waals surface area contributed by atoms with E-state index in [1.165, 1.54) is 0 Å². The largest absolute Gasteiger partial charge is 0.341 e. The summed E-state index contributed by atoms with van der Waals surface area (Å²) in [6.45, 7) is 0.356. The summed E-state index contributed by atoms with van der Waals surface area (Å²) < 4.78 is 26.4. The Morgan fingerprint density at radius 2 is 1.80 bits per heavy atom. The van der Waals surface area contributed by atoms with Gasteiger partial charge in [0, 0.05) is 18.7 Å². The molecule has 0 spiro atoms. The van der Waals surface area contributed by atoms with E-state index in [4.69, 9.17) is 5.73 Å². The molecule has 0 aliphatic carbocycles. The van der Waals surface area contributed by atoms with Crippen molar-refractivity contribution >= 4 is 11.0 Å². The Labute approximate surface area is 114 Å². The van der Waals surface area contributed by atoms with Gasteiger partial charge >= 0.3 is 0 Å². The number of nitrogens with one attached hydrogen (secondary N) is 1. The van der Waals surface area contributed by atoms with Gasteiger partial charge in [0.2, 0.25) is 0 Å². The highest BCUT2D eigenvalue weighted by atomic mass is 19.2. The van der Waals surface area contributed by atoms with E-state index >= 15 is 0 Å². The van der Waals surface area contributed by atoms with Crippen LogP contribution in [0, 0.1) is 11.6 Å². The van der Waals surface area contributed by atoms with Gasteiger partial charge in [-0.15, -0.1) is 0 Å². The Balaban J connectivity index is 2.09. The van der Waals surface area contributed by atoms with Gasteiger partial charge in [-0.3, -0.25) is 0 Å². The number of fused-ring (bicyclic) bond motifs is 1. The van der Waals surface area contributed by atoms with Crippen LogP contribution in [0.3, 0.4) is 0 Å². The number of hydrogen-bond donors (Lipinski definition) is 2. The summed E-state index contributed by atoms with van der Waals surface area (Å²) in [4.78, 5) is 7.34. The molecule has 5 heteroatoms. The zero-order valence-electron chi connectivity index (χ0n) is 10.6. The van der Waals surface area contributed by atoms with E-state index in [1.54, 1.807) is 0 Å². The number of nitrogens with zero attached hydrogens (tertiary/aromatic N) is 1. The van der Waals surface area contributed by atoms with Crippen molar-refractivity contribution in [2.45, 2.75) is 5.92 Å². The van der Waals surface area contributed by atoms with Gasteiger partial charge in [-0.25, -0.2) is 13.8 Å². The Bertz CT molecular complexity index is 698. The lowest BCUT2D eigenvalue weighted by Gasteiger charge is -2.11. The van der Waals surface area contributed by atoms with Gasteiger partial charge < -0.3 is 10.7 Å². The Hall–Kier alpha value is -2.27. The first-order valence-corrected chi connectivity index (χ1v) is 6.28. The summed E-state index contributed by atoms with van der Waals surface area (Å²) in [6.07, 6.45) is 0. The molecule has 3 aromatic rings. The number of H-pyrrole nitrogens is 1. The average Bonchev–Trinajstić information content (AvgIpc) is 2.84. The lowest BCUT2D eigenvalue weighted by atomic mass is 9.99. The van der Waals surface area contributed by atoms with Gasteiger partial charge in [-0.05, 0) is 5.56 Å². The molecule has 3 nitrogen and oxygen atoms in total. The first kappa shape index (κ1) is 12.7. The minimum absolute atomic E-state index is 0.130. The van der Waals surface area contributed by atoms with Crippen LogP contribution < -0.4 is 5.73 Å². The molecule has 0 amide bonds. The van der Waals surface area contributed by atoms with Gasteiger partial charge in [0.1, 0.15) is 5.82 Å². The second-order valence-electron chi connectivity index (χ2n) is 4.60. The van der Waals surface area contributed by atoms with Crippen LogP contribution in [0.5, 0.6) is 0 Å². The molecule has 0 fully saturated rings. The second-order valence-corrected chi connectivity index (χ2v) is 4.60. The lowest BCUT2D eigenvalue weighted by Crippen LogP contribution is -2.15. The second kappa shape index (κ2) is 5.02. The maximum absolute atomic E-state index is 13.2. The van der Waals surface area contributed by atoms with Gasteiger partial charge in [-0.2, -0.15) is 0 Å². The van der Waals surface area contributed by atoms with Crippen molar-refractivity contribution in [2.24, 2.45) is 5.73 Å². The Morgan fingerprint density at radius 1 is 1.10 bits per heavy atom. The molecule has 1 heterocycles. The van der Waals surface area contributed by atoms with E-state index in [9.17, 15) is 8.78 Å². The number of nitrogens with two attached hydrogens (primary N) is 1. The quantitative estimate of drug-likeness (QED) is 0.771. The third-order valence-corrected chi connectivity index (χ3v) is 3.31. The van der Waals surface area contributed by atoms with Gasteiger partial charge in [0.05, 0.1) is 17.0 Å². The average molecular weight is 273 g/mol. The molecule has 0 saturated carbocycles. The van der Waals surface area contributed by atoms with Gasteiger partial charge in [0.15, 0.2) is 11.6 Å². The van der Waals surface area contributed by atoms with Crippen LogP contribution in [0.15, 0.2) is 42.5 Å². The number of aromatic amines is 1. The van der Waals surface area contributed by atoms with Crippen LogP contribution in [-0.2, 0) is 0 Å². The highest BCUT2D eigenvalue weighted by molar-refractivity contribution is 5.75. The maximum atomic E-state index is 13.2. The fourth-order valence-corrected chi connectivity index (χ4v) is 2.28. The van der Waals surface area contributed by atoms with E-state index in [0.29, 0.717) is 23.4 Å². The summed E-state index contributed by atoms with van der Waals surface area (Å²) in [5.74, 6) is -1.32. The molecule has 102 valence electrons. The predicted octanol–water partition coefficient (Wildman–Crippen LogP) is 2.93. The van der Waals surface area contributed by atoms with Crippen molar-refractivity contribution in [2.75, 3.05) is 6.54 Å². The van der Waals surface area contributed by atoms with E-state index in [-0.39, 0.29) is 5.92 Å². The Kier molecular flexibility index (Phi) is 3.20. The van der Waals surface area contributed by atoms with Crippen molar-refractivity contribution in [1.29, 1.82) is 0 Å². The molecule has 0 bridgehead atoms. The molecule has 1 atom stereocenters. The first-order chi connectivity index (χ1) is 9.69. The number of hydrogen-bond acceptors (Lipinski definition) is 2. The Morgan fingerprint density at radius 3 is 2.50 bits per heavy atom. The van der Waals surface area contributed by atoms with Crippen LogP contribution in [0.25, 0.3) is 11.0 Å². The summed E-state index contributed by atoms with van der Waals surface area (Å²) in [5.41, 5.74) is 7.68. The molecule has 3 rings (SSSR count). The monoisotopic (exact) mass is 273 g/mol. The molecule has 2 aromatic carbocycles. The van der Waals surface area contributed by atoms with E-state index < -0.39 is 11.6 Å². The fourth-order valence-electron chi connectivity index (χ4n) is 2.28. The van der Waals surface area contributed by atoms with Crippen LogP contribution >= 0.6 is 0 Å². The number of aromatic nitrogens is 2. The molecular weight excluding hydrogens is 260 g/mol. The van der Waals surface area contributed by atoms with Crippen molar-refractivity contribution in [3.05, 3.63) is 65.5 Å². The SMILES string of the molecule is NCC(c1ccccc1)c1nc2cc(F)c(F)cc2[nH]1. The highest BCUT2D eigenvalue weighted by Gasteiger charge is 2.17. The van der Waals surface area contributed by atoms with Crippen molar-refractivity contribution in [1.82, 2.24) is 9.97 Å². The number of imidazole rings is 1. The third-order valence-electron chi connectivity index (χ3n) is 3.31. The highest BCUT2D eigenvalue weighted by Crippen LogP contribution is 2.24. The molecule has 0 aliphatic rings. The molecule has 0 saturated heterocycles. The standard InChI is InChI=1S/C15H13F2N3/c16-11-6-13-14(7-12(11)17)20-15(19-13)10(8-18)9-4-2-1-3-5-9/h1-7,10H,8,18H2,(H,19,20). The van der Waals surface area contributed by atoms with E-state index in [1.807, 2.05) is 30.3 Å². The van der Waals surface area contributed by atoms with Crippen molar-refractivity contribution in [3.63, 3.8) is 0 Å². The van der Waals surface area contributed by atoms with Gasteiger partial charge in [-0.1, -0.05) is 30.3 Å². The molecule has 20 heavy (non-hydrogen) atoms. The third kappa shape index (κ3) is 2.16. The minimum atomic E-state index is -0.903.